The molecule has 3 amide bonds. The molecule has 2 N–H and O–H groups in total. The van der Waals surface area contributed by atoms with E-state index in [2.05, 4.69) is 15.6 Å². The lowest BCUT2D eigenvalue weighted by atomic mass is 10.2. The molecule has 1 aromatic heterocycles. The van der Waals surface area contributed by atoms with Gasteiger partial charge in [0.1, 0.15) is 5.75 Å². The molecule has 3 aromatic rings. The number of benzene rings is 2. The fourth-order valence-corrected chi connectivity index (χ4v) is 5.26. The minimum atomic E-state index is -3.36. The molecule has 0 atom stereocenters. The number of sulfone groups is 1. The first-order valence-electron chi connectivity index (χ1n) is 9.88. The topological polar surface area (TPSA) is 114 Å². The quantitative estimate of drug-likeness (QED) is 0.535. The zero-order chi connectivity index (χ0) is 22.9. The van der Waals surface area contributed by atoms with E-state index in [0.717, 1.165) is 43.3 Å². The van der Waals surface area contributed by atoms with Crippen molar-refractivity contribution in [3.63, 3.8) is 0 Å². The second-order valence-electron chi connectivity index (χ2n) is 7.49. The van der Waals surface area contributed by atoms with Gasteiger partial charge in [0.25, 0.3) is 5.91 Å². The highest BCUT2D eigenvalue weighted by molar-refractivity contribution is 7.90. The van der Waals surface area contributed by atoms with Crippen LogP contribution >= 0.6 is 22.9 Å². The van der Waals surface area contributed by atoms with E-state index < -0.39 is 21.8 Å². The molecular weight excluding hydrogens is 474 g/mol. The molecule has 11 heteroatoms. The molecule has 1 heterocycles. The molecular formula is C21H20ClN3O5S2. The summed E-state index contributed by atoms with van der Waals surface area (Å²) in [7, 11) is -3.36. The molecule has 8 nitrogen and oxygen atoms in total. The number of imide groups is 1. The highest BCUT2D eigenvalue weighted by atomic mass is 35.5. The van der Waals surface area contributed by atoms with Crippen molar-refractivity contribution in [2.75, 3.05) is 11.6 Å². The van der Waals surface area contributed by atoms with Gasteiger partial charge < -0.3 is 4.74 Å². The summed E-state index contributed by atoms with van der Waals surface area (Å²) >= 11 is 7.25. The van der Waals surface area contributed by atoms with Gasteiger partial charge in [0, 0.05) is 6.26 Å². The average Bonchev–Trinajstić information content (AvgIpc) is 3.37. The number of hydrogen-bond donors (Lipinski definition) is 2. The zero-order valence-electron chi connectivity index (χ0n) is 17.1. The molecule has 0 aliphatic heterocycles. The van der Waals surface area contributed by atoms with Crippen molar-refractivity contribution in [3.8, 4) is 5.75 Å². The number of anilines is 1. The SMILES string of the molecule is CS(=O)(=O)c1ccc2nc(NC(=O)NC(=O)c3cc(OC4CCCC4)ccc3Cl)sc2c1. The number of halogens is 1. The fraction of sp³-hybridized carbons (Fsp3) is 0.286. The van der Waals surface area contributed by atoms with Gasteiger partial charge in [-0.05, 0) is 62.1 Å². The Hall–Kier alpha value is -2.69. The molecule has 1 saturated carbocycles. The minimum Gasteiger partial charge on any atom is -0.490 e. The van der Waals surface area contributed by atoms with E-state index in [1.165, 1.54) is 18.2 Å². The number of nitrogens with zero attached hydrogens (tertiary/aromatic N) is 1. The number of rotatable bonds is 5. The molecule has 0 unspecified atom stereocenters. The summed E-state index contributed by atoms with van der Waals surface area (Å²) < 4.78 is 29.9. The number of thiazole rings is 1. The Bertz CT molecular complexity index is 1300. The molecule has 1 fully saturated rings. The van der Waals surface area contributed by atoms with E-state index in [4.69, 9.17) is 16.3 Å². The summed E-state index contributed by atoms with van der Waals surface area (Å²) in [6.45, 7) is 0. The summed E-state index contributed by atoms with van der Waals surface area (Å²) in [5.74, 6) is -0.149. The third-order valence-corrected chi connectivity index (χ3v) is 7.40. The first kappa shape index (κ1) is 22.5. The highest BCUT2D eigenvalue weighted by Crippen LogP contribution is 2.29. The number of ether oxygens (including phenoxy) is 1. The standard InChI is InChI=1S/C21H20ClN3O5S2/c1-32(28,29)14-7-9-17-18(11-14)31-21(23-17)25-20(27)24-19(26)15-10-13(6-8-16(15)22)30-12-4-2-3-5-12/h6-12H,2-5H2,1H3,(H2,23,24,25,26,27). The lowest BCUT2D eigenvalue weighted by molar-refractivity contribution is 0.0966. The van der Waals surface area contributed by atoms with Gasteiger partial charge in [-0.1, -0.05) is 22.9 Å². The fourth-order valence-electron chi connectivity index (χ4n) is 3.44. The second kappa shape index (κ2) is 9.05. The zero-order valence-corrected chi connectivity index (χ0v) is 19.4. The predicted molar refractivity (Wildman–Crippen MR) is 124 cm³/mol. The Kier molecular flexibility index (Phi) is 6.36. The predicted octanol–water partition coefficient (Wildman–Crippen LogP) is 4.64. The summed E-state index contributed by atoms with van der Waals surface area (Å²) in [4.78, 5) is 29.3. The van der Waals surface area contributed by atoms with Gasteiger partial charge in [-0.2, -0.15) is 0 Å². The maximum atomic E-state index is 12.6. The van der Waals surface area contributed by atoms with E-state index in [1.807, 2.05) is 0 Å². The van der Waals surface area contributed by atoms with Crippen molar-refractivity contribution < 1.29 is 22.7 Å². The van der Waals surface area contributed by atoms with Crippen LogP contribution in [-0.4, -0.2) is 37.7 Å². The highest BCUT2D eigenvalue weighted by Gasteiger charge is 2.20. The largest absolute Gasteiger partial charge is 0.490 e. The molecule has 0 bridgehead atoms. The third kappa shape index (κ3) is 5.20. The maximum absolute atomic E-state index is 12.6. The van der Waals surface area contributed by atoms with Gasteiger partial charge in [0.2, 0.25) is 0 Å². The van der Waals surface area contributed by atoms with Crippen LogP contribution in [0.3, 0.4) is 0 Å². The van der Waals surface area contributed by atoms with Crippen molar-refractivity contribution in [2.24, 2.45) is 0 Å². The minimum absolute atomic E-state index is 0.123. The first-order chi connectivity index (χ1) is 15.2. The number of aromatic nitrogens is 1. The molecule has 2 aromatic carbocycles. The average molecular weight is 494 g/mol. The molecule has 168 valence electrons. The van der Waals surface area contributed by atoms with E-state index in [1.54, 1.807) is 18.2 Å². The smallest absolute Gasteiger partial charge is 0.327 e. The van der Waals surface area contributed by atoms with Gasteiger partial charge in [-0.15, -0.1) is 0 Å². The number of carbonyl (C=O) groups excluding carboxylic acids is 2. The van der Waals surface area contributed by atoms with Crippen LogP contribution in [0.15, 0.2) is 41.3 Å². The van der Waals surface area contributed by atoms with E-state index >= 15 is 0 Å². The van der Waals surface area contributed by atoms with Gasteiger partial charge >= 0.3 is 6.03 Å². The van der Waals surface area contributed by atoms with Crippen LogP contribution in [-0.2, 0) is 9.84 Å². The summed E-state index contributed by atoms with van der Waals surface area (Å²) in [6.07, 6.45) is 5.42. The molecule has 0 saturated heterocycles. The molecule has 1 aliphatic rings. The second-order valence-corrected chi connectivity index (χ2v) is 10.9. The first-order valence-corrected chi connectivity index (χ1v) is 13.0. The van der Waals surface area contributed by atoms with Crippen LogP contribution in [0.4, 0.5) is 9.93 Å². The van der Waals surface area contributed by atoms with Gasteiger partial charge in [0.15, 0.2) is 15.0 Å². The lowest BCUT2D eigenvalue weighted by Crippen LogP contribution is -2.34. The Morgan fingerprint density at radius 3 is 2.62 bits per heavy atom. The van der Waals surface area contributed by atoms with Crippen LogP contribution in [0.5, 0.6) is 5.75 Å². The van der Waals surface area contributed by atoms with E-state index in [-0.39, 0.29) is 26.7 Å². The Balaban J connectivity index is 1.44. The van der Waals surface area contributed by atoms with Crippen LogP contribution in [0.2, 0.25) is 5.02 Å². The van der Waals surface area contributed by atoms with Crippen LogP contribution in [0.1, 0.15) is 36.0 Å². The lowest BCUT2D eigenvalue weighted by Gasteiger charge is -2.14. The number of nitrogens with one attached hydrogen (secondary N) is 2. The van der Waals surface area contributed by atoms with Gasteiger partial charge in [0.05, 0.1) is 31.8 Å². The van der Waals surface area contributed by atoms with E-state index in [9.17, 15) is 18.0 Å². The summed E-state index contributed by atoms with van der Waals surface area (Å²) in [5.41, 5.74) is 0.656. The van der Waals surface area contributed by atoms with Crippen LogP contribution < -0.4 is 15.4 Å². The van der Waals surface area contributed by atoms with Gasteiger partial charge in [-0.25, -0.2) is 18.2 Å². The van der Waals surface area contributed by atoms with Crippen molar-refractivity contribution in [3.05, 3.63) is 47.0 Å². The molecule has 1 aliphatic carbocycles. The van der Waals surface area contributed by atoms with Crippen molar-refractivity contribution in [1.29, 1.82) is 0 Å². The number of fused-ring (bicyclic) bond motifs is 1. The Morgan fingerprint density at radius 1 is 1.16 bits per heavy atom. The third-order valence-electron chi connectivity index (χ3n) is 5.02. The van der Waals surface area contributed by atoms with Crippen LogP contribution in [0.25, 0.3) is 10.2 Å². The number of hydrogen-bond acceptors (Lipinski definition) is 7. The number of amides is 3. The molecule has 32 heavy (non-hydrogen) atoms. The number of urea groups is 1. The van der Waals surface area contributed by atoms with Crippen molar-refractivity contribution in [2.45, 2.75) is 36.7 Å². The normalized spacial score (nSPS) is 14.4. The van der Waals surface area contributed by atoms with Crippen LogP contribution in [0, 0.1) is 0 Å². The Labute approximate surface area is 193 Å². The summed E-state index contributed by atoms with van der Waals surface area (Å²) in [5, 5.41) is 5.14. The molecule has 0 radical (unpaired) electrons. The summed E-state index contributed by atoms with van der Waals surface area (Å²) in [6, 6.07) is 8.50. The number of carbonyl (C=O) groups is 2. The molecule has 0 spiro atoms. The Morgan fingerprint density at radius 2 is 1.91 bits per heavy atom. The van der Waals surface area contributed by atoms with Crippen molar-refractivity contribution in [1.82, 2.24) is 10.3 Å². The van der Waals surface area contributed by atoms with Crippen molar-refractivity contribution >= 4 is 60.1 Å². The maximum Gasteiger partial charge on any atom is 0.327 e. The molecule has 4 rings (SSSR count). The monoisotopic (exact) mass is 493 g/mol. The van der Waals surface area contributed by atoms with Gasteiger partial charge in [-0.3, -0.25) is 15.4 Å². The van der Waals surface area contributed by atoms with E-state index in [0.29, 0.717) is 16.0 Å².